The molecule has 2 aromatic rings. The molecule has 0 aliphatic heterocycles. The van der Waals surface area contributed by atoms with Gasteiger partial charge in [-0.15, -0.1) is 0 Å². The average molecular weight is 420 g/mol. The van der Waals surface area contributed by atoms with Gasteiger partial charge in [-0.1, -0.05) is 57.2 Å². The van der Waals surface area contributed by atoms with Crippen LogP contribution in [-0.2, 0) is 10.1 Å². The van der Waals surface area contributed by atoms with Crippen LogP contribution in [0.25, 0.3) is 4.98 Å². The molecule has 0 saturated heterocycles. The smallest absolute Gasteiger partial charge is 0.426 e. The number of nitrogens with one attached hydrogen (secondary N) is 1. The van der Waals surface area contributed by atoms with Crippen LogP contribution < -0.4 is 10.1 Å². The highest BCUT2D eigenvalue weighted by Gasteiger charge is 2.14. The van der Waals surface area contributed by atoms with Gasteiger partial charge in [-0.25, -0.2) is 8.42 Å². The SMILES string of the molecule is CCCCCCCCS(=O)(=O)[O-].COc1cc(Nc2ccccc2)ccc1[N+]#N. The average Bonchev–Trinajstić information content (AvgIpc) is 2.71. The van der Waals surface area contributed by atoms with Crippen molar-refractivity contribution < 1.29 is 17.7 Å². The fraction of sp³-hybridized carbons (Fsp3) is 0.429. The van der Waals surface area contributed by atoms with Crippen LogP contribution in [0.2, 0.25) is 0 Å². The lowest BCUT2D eigenvalue weighted by Crippen LogP contribution is -2.03. The van der Waals surface area contributed by atoms with Crippen molar-refractivity contribution in [2.24, 2.45) is 0 Å². The molecule has 0 fully saturated rings. The summed E-state index contributed by atoms with van der Waals surface area (Å²) >= 11 is 0. The maximum atomic E-state index is 10.2. The zero-order valence-corrected chi connectivity index (χ0v) is 17.8. The Morgan fingerprint density at radius 1 is 1.00 bits per heavy atom. The minimum Gasteiger partial charge on any atom is -0.748 e. The molecule has 2 aromatic carbocycles. The predicted molar refractivity (Wildman–Crippen MR) is 115 cm³/mol. The molecule has 0 radical (unpaired) electrons. The highest BCUT2D eigenvalue weighted by Crippen LogP contribution is 2.31. The van der Waals surface area contributed by atoms with Gasteiger partial charge < -0.3 is 14.6 Å². The lowest BCUT2D eigenvalue weighted by Gasteiger charge is -2.06. The van der Waals surface area contributed by atoms with Crippen LogP contribution in [0.1, 0.15) is 45.4 Å². The topological polar surface area (TPSA) is 107 Å². The molecule has 0 unspecified atom stereocenters. The molecule has 0 amide bonds. The second-order valence-corrected chi connectivity index (χ2v) is 8.03. The Balaban J connectivity index is 0.000000311. The van der Waals surface area contributed by atoms with Gasteiger partial charge in [0, 0.05) is 29.3 Å². The van der Waals surface area contributed by atoms with Gasteiger partial charge in [0.15, 0.2) is 4.98 Å². The molecular formula is C21H29N3O4S. The van der Waals surface area contributed by atoms with Crippen molar-refractivity contribution in [2.45, 2.75) is 45.4 Å². The van der Waals surface area contributed by atoms with Gasteiger partial charge in [-0.2, -0.15) is 0 Å². The summed E-state index contributed by atoms with van der Waals surface area (Å²) in [6, 6.07) is 15.1. The second kappa shape index (κ2) is 13.5. The van der Waals surface area contributed by atoms with Crippen molar-refractivity contribution in [1.82, 2.24) is 0 Å². The third kappa shape index (κ3) is 11.1. The van der Waals surface area contributed by atoms with Crippen molar-refractivity contribution >= 4 is 27.2 Å². The summed E-state index contributed by atoms with van der Waals surface area (Å²) in [5.74, 6) is 0.326. The van der Waals surface area contributed by atoms with E-state index in [4.69, 9.17) is 10.1 Å². The maximum Gasteiger partial charge on any atom is 0.426 e. The molecule has 0 aliphatic rings. The van der Waals surface area contributed by atoms with Gasteiger partial charge in [0.25, 0.3) is 0 Å². The Bertz CT molecular complexity index is 865. The Morgan fingerprint density at radius 3 is 2.24 bits per heavy atom. The molecule has 0 heterocycles. The van der Waals surface area contributed by atoms with Crippen molar-refractivity contribution in [3.05, 3.63) is 53.5 Å². The van der Waals surface area contributed by atoms with Gasteiger partial charge in [0.2, 0.25) is 11.1 Å². The number of anilines is 2. The van der Waals surface area contributed by atoms with E-state index >= 15 is 0 Å². The monoisotopic (exact) mass is 419 g/mol. The molecule has 29 heavy (non-hydrogen) atoms. The van der Waals surface area contributed by atoms with Crippen molar-refractivity contribution in [2.75, 3.05) is 18.2 Å². The normalized spacial score (nSPS) is 10.4. The number of benzene rings is 2. The van der Waals surface area contributed by atoms with Crippen molar-refractivity contribution in [3.63, 3.8) is 0 Å². The van der Waals surface area contributed by atoms with E-state index in [9.17, 15) is 13.0 Å². The van der Waals surface area contributed by atoms with Crippen LogP contribution >= 0.6 is 0 Å². The number of ether oxygens (including phenoxy) is 1. The van der Waals surface area contributed by atoms with E-state index in [1.807, 2.05) is 36.4 Å². The van der Waals surface area contributed by atoms with Crippen LogP contribution in [0.3, 0.4) is 0 Å². The quantitative estimate of drug-likeness (QED) is 0.295. The van der Waals surface area contributed by atoms with E-state index in [0.29, 0.717) is 17.9 Å². The molecule has 8 heteroatoms. The van der Waals surface area contributed by atoms with Crippen LogP contribution in [0.5, 0.6) is 5.75 Å². The zero-order valence-electron chi connectivity index (χ0n) is 17.0. The first-order valence-electron chi connectivity index (χ1n) is 9.68. The van der Waals surface area contributed by atoms with E-state index in [1.165, 1.54) is 20.0 Å². The first kappa shape index (κ1) is 24.4. The van der Waals surface area contributed by atoms with Gasteiger partial charge in [-0.3, -0.25) is 0 Å². The van der Waals surface area contributed by atoms with E-state index in [0.717, 1.165) is 30.6 Å². The summed E-state index contributed by atoms with van der Waals surface area (Å²) in [7, 11) is -2.43. The summed E-state index contributed by atoms with van der Waals surface area (Å²) in [5, 5.41) is 12.0. The number of unbranched alkanes of at least 4 members (excludes halogenated alkanes) is 5. The molecule has 2 rings (SSSR count). The largest absolute Gasteiger partial charge is 0.748 e. The van der Waals surface area contributed by atoms with E-state index in [-0.39, 0.29) is 5.75 Å². The molecule has 0 saturated carbocycles. The minimum atomic E-state index is -3.97. The molecule has 7 nitrogen and oxygen atoms in total. The summed E-state index contributed by atoms with van der Waals surface area (Å²) in [5.41, 5.74) is 2.27. The fourth-order valence-electron chi connectivity index (χ4n) is 2.59. The molecule has 0 spiro atoms. The van der Waals surface area contributed by atoms with Gasteiger partial charge in [0.05, 0.1) is 17.2 Å². The standard InChI is InChI=1S/C13H12N3O.C8H18O3S/c1-17-13-9-11(7-8-12(13)16-14)15-10-5-3-2-4-6-10;1-2-3-4-5-6-7-8-12(9,10)11/h2-9,15H,1H3;2-8H2,1H3,(H,9,10,11)/q+1;/p-1. The highest BCUT2D eigenvalue weighted by molar-refractivity contribution is 7.85. The van der Waals surface area contributed by atoms with E-state index in [1.54, 1.807) is 12.1 Å². The van der Waals surface area contributed by atoms with Gasteiger partial charge >= 0.3 is 5.69 Å². The highest BCUT2D eigenvalue weighted by atomic mass is 32.2. The third-order valence-electron chi connectivity index (χ3n) is 4.10. The summed E-state index contributed by atoms with van der Waals surface area (Å²) in [4.78, 5) is 3.14. The number of para-hydroxylation sites is 1. The summed E-state index contributed by atoms with van der Waals surface area (Å²) < 4.78 is 35.6. The number of hydrogen-bond acceptors (Lipinski definition) is 6. The van der Waals surface area contributed by atoms with Crippen LogP contribution in [0.15, 0.2) is 48.5 Å². The number of diazo groups is 1. The lowest BCUT2D eigenvalue weighted by atomic mass is 10.1. The summed E-state index contributed by atoms with van der Waals surface area (Å²) in [6.45, 7) is 2.13. The number of rotatable bonds is 10. The first-order chi connectivity index (χ1) is 13.9. The molecule has 0 bridgehead atoms. The molecule has 0 aliphatic carbocycles. The van der Waals surface area contributed by atoms with Crippen LogP contribution in [0.4, 0.5) is 17.1 Å². The Morgan fingerprint density at radius 2 is 1.66 bits per heavy atom. The van der Waals surface area contributed by atoms with E-state index < -0.39 is 10.1 Å². The summed E-state index contributed by atoms with van der Waals surface area (Å²) in [6.07, 6.45) is 5.96. The fourth-order valence-corrected chi connectivity index (χ4v) is 3.14. The van der Waals surface area contributed by atoms with Gasteiger partial charge in [-0.05, 0) is 24.6 Å². The first-order valence-corrected chi connectivity index (χ1v) is 11.3. The molecule has 0 atom stereocenters. The molecule has 0 aromatic heterocycles. The lowest BCUT2D eigenvalue weighted by molar-refractivity contribution is 0.417. The number of nitrogens with zero attached hydrogens (tertiary/aromatic N) is 2. The van der Waals surface area contributed by atoms with Gasteiger partial charge in [0.1, 0.15) is 0 Å². The van der Waals surface area contributed by atoms with Crippen LogP contribution in [-0.4, -0.2) is 25.8 Å². The number of methoxy groups -OCH3 is 1. The van der Waals surface area contributed by atoms with Crippen molar-refractivity contribution in [3.8, 4) is 5.75 Å². The minimum absolute atomic E-state index is 0.195. The molecular weight excluding hydrogens is 390 g/mol. The Kier molecular flexibility index (Phi) is 11.4. The molecule has 1 N–H and O–H groups in total. The Hall–Kier alpha value is -2.63. The van der Waals surface area contributed by atoms with E-state index in [2.05, 4.69) is 17.2 Å². The zero-order chi connectivity index (χ0) is 21.5. The third-order valence-corrected chi connectivity index (χ3v) is 4.89. The molecule has 158 valence electrons. The predicted octanol–water partition coefficient (Wildman–Crippen LogP) is 5.82. The van der Waals surface area contributed by atoms with Crippen LogP contribution in [0, 0.1) is 5.39 Å². The second-order valence-electron chi connectivity index (χ2n) is 6.51. The maximum absolute atomic E-state index is 10.2. The number of hydrogen-bond donors (Lipinski definition) is 1. The Labute approximate surface area is 173 Å². The van der Waals surface area contributed by atoms with Crippen molar-refractivity contribution in [1.29, 1.82) is 5.39 Å².